The number of hydrogen-bond acceptors (Lipinski definition) is 2. The minimum Gasteiger partial charge on any atom is -0.311 e. The SMILES string of the molecule is Cc1cccc(C)c1N1c2cc3c(-c4ccccc4)c4c(c(-c5ccccc5)c3cc2B2c3c(cc(C#N)cc31)-c1cc(C(C)(C)C)cc3cccc2c13)C=CCC4. The normalized spacial score (nSPS) is 13.7. The van der Waals surface area contributed by atoms with E-state index in [0.29, 0.717) is 5.56 Å². The number of aryl methyl sites for hydroxylation is 2. The van der Waals surface area contributed by atoms with Crippen LogP contribution in [0.25, 0.3) is 61.0 Å². The molecule has 1 aliphatic carbocycles. The molecule has 0 saturated heterocycles. The number of allylic oxidation sites excluding steroid dienone is 1. The first-order valence-corrected chi connectivity index (χ1v) is 20.7. The molecule has 8 aromatic rings. The number of benzene rings is 8. The van der Waals surface area contributed by atoms with E-state index in [0.717, 1.165) is 24.1 Å². The van der Waals surface area contributed by atoms with Crippen LogP contribution in [0.1, 0.15) is 60.6 Å². The third-order valence-corrected chi connectivity index (χ3v) is 13.1. The Labute approximate surface area is 341 Å². The maximum absolute atomic E-state index is 10.8. The summed E-state index contributed by atoms with van der Waals surface area (Å²) in [5, 5.41) is 15.8. The molecule has 0 saturated carbocycles. The van der Waals surface area contributed by atoms with Gasteiger partial charge in [-0.25, -0.2) is 0 Å². The summed E-state index contributed by atoms with van der Waals surface area (Å²) in [5.74, 6) is 0. The highest BCUT2D eigenvalue weighted by Gasteiger charge is 2.43. The van der Waals surface area contributed by atoms with Gasteiger partial charge in [-0.1, -0.05) is 154 Å². The molecule has 3 aliphatic rings. The van der Waals surface area contributed by atoms with E-state index in [1.807, 2.05) is 0 Å². The number of rotatable bonds is 3. The highest BCUT2D eigenvalue weighted by atomic mass is 15.2. The Morgan fingerprint density at radius 3 is 2.05 bits per heavy atom. The largest absolute Gasteiger partial charge is 0.311 e. The maximum Gasteiger partial charge on any atom is 0.248 e. The van der Waals surface area contributed by atoms with Gasteiger partial charge in [-0.15, -0.1) is 0 Å². The zero-order chi connectivity index (χ0) is 39.4. The maximum atomic E-state index is 10.8. The van der Waals surface area contributed by atoms with Gasteiger partial charge in [0.25, 0.3) is 0 Å². The molecule has 276 valence electrons. The fraction of sp³-hybridized carbons (Fsp3) is 0.145. The molecule has 0 radical (unpaired) electrons. The molecule has 0 fully saturated rings. The fourth-order valence-electron chi connectivity index (χ4n) is 10.5. The molecule has 0 bridgehead atoms. The molecule has 0 N–H and O–H groups in total. The van der Waals surface area contributed by atoms with Crippen LogP contribution in [0.3, 0.4) is 0 Å². The smallest absolute Gasteiger partial charge is 0.248 e. The lowest BCUT2D eigenvalue weighted by Crippen LogP contribution is -2.59. The van der Waals surface area contributed by atoms with Gasteiger partial charge >= 0.3 is 0 Å². The van der Waals surface area contributed by atoms with Gasteiger partial charge < -0.3 is 4.90 Å². The summed E-state index contributed by atoms with van der Waals surface area (Å²) >= 11 is 0. The van der Waals surface area contributed by atoms with Crippen molar-refractivity contribution in [2.24, 2.45) is 0 Å². The summed E-state index contributed by atoms with van der Waals surface area (Å²) in [7, 11) is 0. The number of nitriles is 1. The van der Waals surface area contributed by atoms with Crippen molar-refractivity contribution in [3.63, 3.8) is 0 Å². The van der Waals surface area contributed by atoms with Crippen LogP contribution < -0.4 is 21.3 Å². The summed E-state index contributed by atoms with van der Waals surface area (Å²) in [6, 6.07) is 52.4. The standard InChI is InChI=1S/C55H43BN2/c1-33-16-14-17-34(2)54(33)58-48-31-44-43(50(36-18-8-6-9-19-36)40-23-12-13-24-41(40)51(44)37-20-10-7-11-21-37)30-47(48)56-46-25-15-22-38-28-39(55(3,4)5)29-42(52(38)46)45-26-35(32-57)27-49(58)53(45)56/h6-12,14-23,25-31H,13,24H2,1-5H3. The summed E-state index contributed by atoms with van der Waals surface area (Å²) in [6.07, 6.45) is 6.74. The van der Waals surface area contributed by atoms with Crippen LogP contribution in [-0.4, -0.2) is 6.71 Å². The van der Waals surface area contributed by atoms with Gasteiger partial charge in [0.05, 0.1) is 17.3 Å². The van der Waals surface area contributed by atoms with Crippen LogP contribution in [-0.2, 0) is 11.8 Å². The number of nitrogens with zero attached hydrogens (tertiary/aromatic N) is 2. The van der Waals surface area contributed by atoms with Gasteiger partial charge in [0.1, 0.15) is 0 Å². The molecule has 0 atom stereocenters. The number of fused-ring (bicyclic) bond motifs is 6. The van der Waals surface area contributed by atoms with Crippen LogP contribution in [0.2, 0.25) is 0 Å². The fourth-order valence-corrected chi connectivity index (χ4v) is 10.5. The van der Waals surface area contributed by atoms with Gasteiger partial charge in [-0.2, -0.15) is 5.26 Å². The van der Waals surface area contributed by atoms with Crippen LogP contribution in [0.5, 0.6) is 0 Å². The molecule has 2 nitrogen and oxygen atoms in total. The topological polar surface area (TPSA) is 27.0 Å². The van der Waals surface area contributed by atoms with Crippen LogP contribution in [0.15, 0.2) is 140 Å². The van der Waals surface area contributed by atoms with E-state index in [1.54, 1.807) is 0 Å². The van der Waals surface area contributed by atoms with Crippen molar-refractivity contribution in [3.05, 3.63) is 173 Å². The Balaban J connectivity index is 1.36. The average Bonchev–Trinajstić information content (AvgIpc) is 3.24. The number of anilines is 3. The second-order valence-electron chi connectivity index (χ2n) is 17.6. The van der Waals surface area contributed by atoms with E-state index < -0.39 is 0 Å². The second-order valence-corrected chi connectivity index (χ2v) is 17.6. The Morgan fingerprint density at radius 2 is 1.34 bits per heavy atom. The van der Waals surface area contributed by atoms with Crippen molar-refractivity contribution in [1.82, 2.24) is 0 Å². The first-order chi connectivity index (χ1) is 28.2. The van der Waals surface area contributed by atoms with E-state index in [-0.39, 0.29) is 12.1 Å². The molecular weight excluding hydrogens is 699 g/mol. The van der Waals surface area contributed by atoms with Crippen molar-refractivity contribution in [2.45, 2.75) is 52.9 Å². The molecule has 8 aromatic carbocycles. The van der Waals surface area contributed by atoms with Crippen molar-refractivity contribution >= 4 is 67.8 Å². The molecule has 2 heterocycles. The average molecular weight is 743 g/mol. The summed E-state index contributed by atoms with van der Waals surface area (Å²) in [4.78, 5) is 2.52. The van der Waals surface area contributed by atoms with Gasteiger partial charge in [0, 0.05) is 11.4 Å². The minimum absolute atomic E-state index is 0.0372. The van der Waals surface area contributed by atoms with Crippen molar-refractivity contribution in [2.75, 3.05) is 4.90 Å². The Bertz CT molecular complexity index is 3100. The second kappa shape index (κ2) is 12.7. The Hall–Kier alpha value is -6.63. The number of hydrogen-bond donors (Lipinski definition) is 0. The molecule has 0 amide bonds. The van der Waals surface area contributed by atoms with Crippen molar-refractivity contribution < 1.29 is 0 Å². The lowest BCUT2D eigenvalue weighted by atomic mass is 9.32. The molecule has 58 heavy (non-hydrogen) atoms. The van der Waals surface area contributed by atoms with Gasteiger partial charge in [-0.3, -0.25) is 0 Å². The number of para-hydroxylation sites is 1. The van der Waals surface area contributed by atoms with Gasteiger partial charge in [0.15, 0.2) is 0 Å². The molecule has 3 heteroatoms. The van der Waals surface area contributed by atoms with E-state index in [1.165, 1.54) is 105 Å². The third-order valence-electron chi connectivity index (χ3n) is 13.1. The first kappa shape index (κ1) is 34.6. The summed E-state index contributed by atoms with van der Waals surface area (Å²) < 4.78 is 0. The van der Waals surface area contributed by atoms with Crippen molar-refractivity contribution in [1.29, 1.82) is 5.26 Å². The van der Waals surface area contributed by atoms with E-state index in [2.05, 4.69) is 191 Å². The monoisotopic (exact) mass is 742 g/mol. The zero-order valence-corrected chi connectivity index (χ0v) is 33.7. The Kier molecular flexibility index (Phi) is 7.57. The lowest BCUT2D eigenvalue weighted by molar-refractivity contribution is 0.591. The molecule has 0 spiro atoms. The predicted octanol–water partition coefficient (Wildman–Crippen LogP) is 12.4. The highest BCUT2D eigenvalue weighted by Crippen LogP contribution is 2.50. The highest BCUT2D eigenvalue weighted by molar-refractivity contribution is 7.01. The van der Waals surface area contributed by atoms with Crippen molar-refractivity contribution in [3.8, 4) is 39.4 Å². The van der Waals surface area contributed by atoms with Gasteiger partial charge in [-0.05, 0) is 144 Å². The van der Waals surface area contributed by atoms with Crippen LogP contribution in [0, 0.1) is 25.2 Å². The molecule has 0 unspecified atom stereocenters. The third kappa shape index (κ3) is 4.98. The molecular formula is C55H43BN2. The Morgan fingerprint density at radius 1 is 0.655 bits per heavy atom. The summed E-state index contributed by atoms with van der Waals surface area (Å²) in [5.41, 5.74) is 21.9. The van der Waals surface area contributed by atoms with Crippen LogP contribution in [0.4, 0.5) is 17.1 Å². The first-order valence-electron chi connectivity index (χ1n) is 20.7. The minimum atomic E-state index is -0.0435. The lowest BCUT2D eigenvalue weighted by Gasteiger charge is -2.42. The van der Waals surface area contributed by atoms with E-state index in [4.69, 9.17) is 0 Å². The van der Waals surface area contributed by atoms with E-state index >= 15 is 0 Å². The summed E-state index contributed by atoms with van der Waals surface area (Å²) in [6.45, 7) is 11.3. The molecule has 11 rings (SSSR count). The molecule has 0 aromatic heterocycles. The zero-order valence-electron chi connectivity index (χ0n) is 33.7. The van der Waals surface area contributed by atoms with Gasteiger partial charge in [0.2, 0.25) is 6.71 Å². The predicted molar refractivity (Wildman–Crippen MR) is 247 cm³/mol. The van der Waals surface area contributed by atoms with E-state index in [9.17, 15) is 5.26 Å². The quantitative estimate of drug-likeness (QED) is 0.169. The molecule has 2 aliphatic heterocycles. The van der Waals surface area contributed by atoms with Crippen LogP contribution >= 0.6 is 0 Å².